The molecule has 0 aliphatic rings. The molecule has 16 heavy (non-hydrogen) atoms. The molecule has 0 radical (unpaired) electrons. The maximum Gasteiger partial charge on any atom is 0.214 e. The third-order valence-corrected chi connectivity index (χ3v) is 1.79. The van der Waals surface area contributed by atoms with E-state index < -0.39 is 0 Å². The number of ether oxygens (including phenoxy) is 2. The fourth-order valence-corrected chi connectivity index (χ4v) is 1.08. The molecule has 0 aliphatic carbocycles. The lowest BCUT2D eigenvalue weighted by molar-refractivity contribution is 0.0806. The van der Waals surface area contributed by atoms with Crippen molar-refractivity contribution < 1.29 is 9.47 Å². The van der Waals surface area contributed by atoms with Gasteiger partial charge in [-0.05, 0) is 12.0 Å². The number of nitrogens with zero attached hydrogens (tertiary/aromatic N) is 2. The molecule has 0 atom stereocenters. The molecule has 86 valence electrons. The summed E-state index contributed by atoms with van der Waals surface area (Å²) in [5, 5.41) is 8.67. The van der Waals surface area contributed by atoms with E-state index in [0.717, 1.165) is 6.61 Å². The lowest BCUT2D eigenvalue weighted by atomic mass is 10.2. The molecule has 1 heterocycles. The third kappa shape index (κ3) is 4.76. The minimum atomic E-state index is 0.453. The van der Waals surface area contributed by atoms with Gasteiger partial charge in [-0.3, -0.25) is 0 Å². The maximum absolute atomic E-state index is 8.67. The van der Waals surface area contributed by atoms with E-state index in [1.54, 1.807) is 18.3 Å². The van der Waals surface area contributed by atoms with Crippen molar-refractivity contribution in [2.45, 2.75) is 13.8 Å². The average Bonchev–Trinajstić information content (AvgIpc) is 2.28. The number of aromatic nitrogens is 1. The van der Waals surface area contributed by atoms with Crippen molar-refractivity contribution in [1.29, 1.82) is 5.26 Å². The lowest BCUT2D eigenvalue weighted by Crippen LogP contribution is -2.10. The Bertz CT molecular complexity index is 358. The highest BCUT2D eigenvalue weighted by atomic mass is 16.5. The third-order valence-electron chi connectivity index (χ3n) is 1.79. The van der Waals surface area contributed by atoms with Gasteiger partial charge in [0.2, 0.25) is 5.88 Å². The number of pyridine rings is 1. The second-order valence-corrected chi connectivity index (χ2v) is 3.81. The molecule has 1 aromatic heterocycles. The largest absolute Gasteiger partial charge is 0.475 e. The van der Waals surface area contributed by atoms with Gasteiger partial charge in [0.15, 0.2) is 0 Å². The van der Waals surface area contributed by atoms with Crippen LogP contribution in [0.3, 0.4) is 0 Å². The summed E-state index contributed by atoms with van der Waals surface area (Å²) in [5.74, 6) is 0.993. The van der Waals surface area contributed by atoms with Gasteiger partial charge in [-0.1, -0.05) is 13.8 Å². The summed E-state index contributed by atoms with van der Waals surface area (Å²) in [6.07, 6.45) is 1.56. The van der Waals surface area contributed by atoms with E-state index in [9.17, 15) is 0 Å². The number of nitriles is 1. The smallest absolute Gasteiger partial charge is 0.214 e. The molecule has 0 N–H and O–H groups in total. The van der Waals surface area contributed by atoms with Gasteiger partial charge in [-0.2, -0.15) is 5.26 Å². The van der Waals surface area contributed by atoms with E-state index in [2.05, 4.69) is 18.8 Å². The summed E-state index contributed by atoms with van der Waals surface area (Å²) in [4.78, 5) is 3.99. The lowest BCUT2D eigenvalue weighted by Gasteiger charge is -2.07. The van der Waals surface area contributed by atoms with Crippen molar-refractivity contribution in [3.05, 3.63) is 23.9 Å². The Hall–Kier alpha value is -1.60. The van der Waals surface area contributed by atoms with Crippen LogP contribution in [0.1, 0.15) is 19.4 Å². The molecule has 0 saturated heterocycles. The van der Waals surface area contributed by atoms with Gasteiger partial charge in [0.05, 0.1) is 18.2 Å². The summed E-state index contributed by atoms with van der Waals surface area (Å²) in [6, 6.07) is 5.29. The molecule has 1 aromatic rings. The van der Waals surface area contributed by atoms with Crippen LogP contribution in [-0.4, -0.2) is 24.8 Å². The zero-order valence-corrected chi connectivity index (χ0v) is 9.64. The zero-order valence-electron chi connectivity index (χ0n) is 9.64. The first-order valence-corrected chi connectivity index (χ1v) is 5.29. The highest BCUT2D eigenvalue weighted by Gasteiger charge is 1.98. The Morgan fingerprint density at radius 3 is 2.94 bits per heavy atom. The van der Waals surface area contributed by atoms with Crippen LogP contribution >= 0.6 is 0 Å². The summed E-state index contributed by atoms with van der Waals surface area (Å²) in [5.41, 5.74) is 0.549. The number of hydrogen-bond acceptors (Lipinski definition) is 4. The minimum Gasteiger partial charge on any atom is -0.475 e. The van der Waals surface area contributed by atoms with Gasteiger partial charge in [-0.15, -0.1) is 0 Å². The summed E-state index contributed by atoms with van der Waals surface area (Å²) < 4.78 is 10.7. The van der Waals surface area contributed by atoms with E-state index >= 15 is 0 Å². The fraction of sp³-hybridized carbons (Fsp3) is 0.500. The van der Waals surface area contributed by atoms with Gasteiger partial charge in [0.1, 0.15) is 6.61 Å². The Labute approximate surface area is 95.8 Å². The average molecular weight is 220 g/mol. The molecule has 0 saturated carbocycles. The van der Waals surface area contributed by atoms with Crippen LogP contribution in [0.25, 0.3) is 0 Å². The van der Waals surface area contributed by atoms with Crippen molar-refractivity contribution in [2.24, 2.45) is 5.92 Å². The summed E-state index contributed by atoms with van der Waals surface area (Å²) >= 11 is 0. The minimum absolute atomic E-state index is 0.453. The Morgan fingerprint density at radius 2 is 2.25 bits per heavy atom. The molecule has 0 unspecified atom stereocenters. The van der Waals surface area contributed by atoms with Crippen LogP contribution < -0.4 is 4.74 Å². The van der Waals surface area contributed by atoms with E-state index in [-0.39, 0.29) is 0 Å². The van der Waals surface area contributed by atoms with E-state index in [0.29, 0.717) is 30.6 Å². The Morgan fingerprint density at radius 1 is 1.44 bits per heavy atom. The monoisotopic (exact) mass is 220 g/mol. The quantitative estimate of drug-likeness (QED) is 0.688. The fourth-order valence-electron chi connectivity index (χ4n) is 1.08. The molecular formula is C12H16N2O2. The molecule has 0 aliphatic heterocycles. The van der Waals surface area contributed by atoms with E-state index in [1.807, 2.05) is 6.07 Å². The predicted octanol–water partition coefficient (Wildman–Crippen LogP) is 2.00. The number of rotatable bonds is 6. The maximum atomic E-state index is 8.67. The summed E-state index contributed by atoms with van der Waals surface area (Å²) in [6.45, 7) is 5.91. The van der Waals surface area contributed by atoms with Crippen LogP contribution in [0.2, 0.25) is 0 Å². The topological polar surface area (TPSA) is 55.1 Å². The molecule has 1 rings (SSSR count). The zero-order chi connectivity index (χ0) is 11.8. The van der Waals surface area contributed by atoms with Crippen molar-refractivity contribution >= 4 is 0 Å². The van der Waals surface area contributed by atoms with Crippen molar-refractivity contribution in [3.63, 3.8) is 0 Å². The second-order valence-electron chi connectivity index (χ2n) is 3.81. The van der Waals surface area contributed by atoms with E-state index in [1.165, 1.54) is 0 Å². The second kappa shape index (κ2) is 6.81. The molecule has 0 fully saturated rings. The van der Waals surface area contributed by atoms with Crippen molar-refractivity contribution in [3.8, 4) is 11.9 Å². The molecule has 4 nitrogen and oxygen atoms in total. The van der Waals surface area contributed by atoms with Gasteiger partial charge in [-0.25, -0.2) is 4.98 Å². The van der Waals surface area contributed by atoms with Crippen LogP contribution in [0, 0.1) is 17.2 Å². The van der Waals surface area contributed by atoms with Gasteiger partial charge >= 0.3 is 0 Å². The van der Waals surface area contributed by atoms with Crippen molar-refractivity contribution in [1.82, 2.24) is 4.98 Å². The SMILES string of the molecule is CC(C)COCCOc1cc(C#N)ccn1. The van der Waals surface area contributed by atoms with Crippen LogP contribution in [-0.2, 0) is 4.74 Å². The van der Waals surface area contributed by atoms with E-state index in [4.69, 9.17) is 14.7 Å². The van der Waals surface area contributed by atoms with Gasteiger partial charge in [0.25, 0.3) is 0 Å². The van der Waals surface area contributed by atoms with Gasteiger partial charge < -0.3 is 9.47 Å². The molecule has 0 spiro atoms. The normalized spacial score (nSPS) is 10.1. The van der Waals surface area contributed by atoms with Crippen LogP contribution in [0.5, 0.6) is 5.88 Å². The van der Waals surface area contributed by atoms with Crippen LogP contribution in [0.4, 0.5) is 0 Å². The standard InChI is InChI=1S/C12H16N2O2/c1-10(2)9-15-5-6-16-12-7-11(8-13)3-4-14-12/h3-4,7,10H,5-6,9H2,1-2H3. The molecule has 0 amide bonds. The Kier molecular flexibility index (Phi) is 5.30. The van der Waals surface area contributed by atoms with Gasteiger partial charge in [0, 0.05) is 18.9 Å². The first kappa shape index (κ1) is 12.5. The molecular weight excluding hydrogens is 204 g/mol. The highest BCUT2D eigenvalue weighted by Crippen LogP contribution is 2.07. The number of hydrogen-bond donors (Lipinski definition) is 0. The molecule has 0 aromatic carbocycles. The first-order chi connectivity index (χ1) is 7.72. The van der Waals surface area contributed by atoms with Crippen molar-refractivity contribution in [2.75, 3.05) is 19.8 Å². The summed E-state index contributed by atoms with van der Waals surface area (Å²) in [7, 11) is 0. The molecule has 4 heteroatoms. The predicted molar refractivity (Wildman–Crippen MR) is 60.1 cm³/mol. The Balaban J connectivity index is 2.24. The first-order valence-electron chi connectivity index (χ1n) is 5.29. The van der Waals surface area contributed by atoms with Crippen LogP contribution in [0.15, 0.2) is 18.3 Å². The molecule has 0 bridgehead atoms. The highest BCUT2D eigenvalue weighted by molar-refractivity contribution is 5.31.